The van der Waals surface area contributed by atoms with Crippen molar-refractivity contribution in [2.45, 2.75) is 26.3 Å². The van der Waals surface area contributed by atoms with Gasteiger partial charge in [-0.15, -0.1) is 0 Å². The lowest BCUT2D eigenvalue weighted by atomic mass is 10.1. The van der Waals surface area contributed by atoms with E-state index < -0.39 is 0 Å². The first-order valence-corrected chi connectivity index (χ1v) is 10.0. The number of nitrogens with zero attached hydrogens (tertiary/aromatic N) is 7. The molecular weight excluding hydrogens is 400 g/mol. The van der Waals surface area contributed by atoms with Crippen LogP contribution in [0.25, 0.3) is 27.6 Å². The molecule has 4 aromatic heterocycles. The van der Waals surface area contributed by atoms with Gasteiger partial charge in [-0.1, -0.05) is 18.5 Å². The molecule has 5 rings (SSSR count). The molecule has 1 atom stereocenters. The Balaban J connectivity index is 1.75. The first kappa shape index (κ1) is 18.5. The number of fused-ring (bicyclic) bond motifs is 2. The van der Waals surface area contributed by atoms with E-state index in [1.807, 2.05) is 46.6 Å². The quantitative estimate of drug-likeness (QED) is 0.474. The standard InChI is InChI=1S/C21H19ClN8/c1-3-16-18-20(23)25-11-26-21(18)29(27-16)12(2)19-15-5-4-13(22)10-17(15)30(28-19)14-6-8-24-9-7-14/h4-12H,3H2,1-2H3,(H2,23,25,26). The number of anilines is 1. The minimum absolute atomic E-state index is 0.186. The monoisotopic (exact) mass is 418 g/mol. The van der Waals surface area contributed by atoms with Gasteiger partial charge in [0.05, 0.1) is 34.0 Å². The molecule has 9 heteroatoms. The molecule has 1 unspecified atom stereocenters. The average molecular weight is 419 g/mol. The van der Waals surface area contributed by atoms with E-state index in [2.05, 4.69) is 21.9 Å². The van der Waals surface area contributed by atoms with E-state index in [1.54, 1.807) is 12.4 Å². The third kappa shape index (κ3) is 2.80. The van der Waals surface area contributed by atoms with Gasteiger partial charge >= 0.3 is 0 Å². The Morgan fingerprint density at radius 2 is 1.90 bits per heavy atom. The molecule has 0 aliphatic heterocycles. The Labute approximate surface area is 177 Å². The summed E-state index contributed by atoms with van der Waals surface area (Å²) in [5.74, 6) is 0.439. The minimum atomic E-state index is -0.186. The van der Waals surface area contributed by atoms with Crippen molar-refractivity contribution in [2.75, 3.05) is 5.73 Å². The Bertz CT molecular complexity index is 1370. The predicted octanol–water partition coefficient (Wildman–Crippen LogP) is 3.97. The van der Waals surface area contributed by atoms with E-state index in [9.17, 15) is 0 Å². The molecule has 1 aromatic carbocycles. The van der Waals surface area contributed by atoms with E-state index in [0.29, 0.717) is 16.5 Å². The second kappa shape index (κ2) is 7.07. The first-order chi connectivity index (χ1) is 14.6. The number of hydrogen-bond donors (Lipinski definition) is 1. The number of aryl methyl sites for hydroxylation is 1. The lowest BCUT2D eigenvalue weighted by Gasteiger charge is -2.11. The first-order valence-electron chi connectivity index (χ1n) is 9.64. The fourth-order valence-corrected chi connectivity index (χ4v) is 3.97. The molecule has 0 aliphatic rings. The van der Waals surface area contributed by atoms with Crippen LogP contribution in [0.3, 0.4) is 0 Å². The third-order valence-electron chi connectivity index (χ3n) is 5.27. The zero-order valence-electron chi connectivity index (χ0n) is 16.5. The molecule has 0 saturated heterocycles. The molecule has 0 radical (unpaired) electrons. The molecule has 0 aliphatic carbocycles. The van der Waals surface area contributed by atoms with Crippen LogP contribution >= 0.6 is 11.6 Å². The zero-order chi connectivity index (χ0) is 20.8. The van der Waals surface area contributed by atoms with Crippen LogP contribution in [0.15, 0.2) is 49.1 Å². The van der Waals surface area contributed by atoms with Crippen LogP contribution in [-0.4, -0.2) is 34.5 Å². The molecule has 2 N–H and O–H groups in total. The number of rotatable bonds is 4. The van der Waals surface area contributed by atoms with Crippen molar-refractivity contribution in [3.63, 3.8) is 0 Å². The van der Waals surface area contributed by atoms with Gasteiger partial charge in [0.2, 0.25) is 0 Å². The number of halogens is 1. The maximum absolute atomic E-state index is 6.30. The van der Waals surface area contributed by atoms with Crippen LogP contribution in [0.1, 0.15) is 31.3 Å². The number of hydrogen-bond acceptors (Lipinski definition) is 6. The summed E-state index contributed by atoms with van der Waals surface area (Å²) in [6.45, 7) is 4.09. The van der Waals surface area contributed by atoms with E-state index in [4.69, 9.17) is 27.5 Å². The van der Waals surface area contributed by atoms with Crippen molar-refractivity contribution in [1.82, 2.24) is 34.5 Å². The lowest BCUT2D eigenvalue weighted by Crippen LogP contribution is -2.11. The molecule has 4 heterocycles. The number of benzene rings is 1. The molecular formula is C21H19ClN8. The Kier molecular flexibility index (Phi) is 4.36. The molecule has 150 valence electrons. The number of pyridine rings is 1. The van der Waals surface area contributed by atoms with Gasteiger partial charge in [0.1, 0.15) is 12.1 Å². The average Bonchev–Trinajstić information content (AvgIpc) is 3.33. The predicted molar refractivity (Wildman–Crippen MR) is 117 cm³/mol. The molecule has 8 nitrogen and oxygen atoms in total. The Hall–Kier alpha value is -3.52. The van der Waals surface area contributed by atoms with Gasteiger partial charge < -0.3 is 5.73 Å². The summed E-state index contributed by atoms with van der Waals surface area (Å²) in [5.41, 5.74) is 10.4. The summed E-state index contributed by atoms with van der Waals surface area (Å²) < 4.78 is 3.75. The van der Waals surface area contributed by atoms with Crippen molar-refractivity contribution < 1.29 is 0 Å². The van der Waals surface area contributed by atoms with Crippen LogP contribution in [0.2, 0.25) is 5.02 Å². The van der Waals surface area contributed by atoms with E-state index in [-0.39, 0.29) is 6.04 Å². The highest BCUT2D eigenvalue weighted by Gasteiger charge is 2.23. The molecule has 0 fully saturated rings. The summed E-state index contributed by atoms with van der Waals surface area (Å²) in [6.07, 6.45) is 5.68. The summed E-state index contributed by atoms with van der Waals surface area (Å²) in [4.78, 5) is 12.7. The Morgan fingerprint density at radius 3 is 2.67 bits per heavy atom. The second-order valence-electron chi connectivity index (χ2n) is 7.04. The summed E-state index contributed by atoms with van der Waals surface area (Å²) >= 11 is 6.30. The van der Waals surface area contributed by atoms with Gasteiger partial charge in [0, 0.05) is 22.8 Å². The molecule has 0 saturated carbocycles. The molecule has 0 bridgehead atoms. The van der Waals surface area contributed by atoms with Gasteiger partial charge in [-0.25, -0.2) is 19.3 Å². The number of aromatic nitrogens is 7. The maximum Gasteiger partial charge on any atom is 0.164 e. The van der Waals surface area contributed by atoms with E-state index >= 15 is 0 Å². The number of nitrogens with two attached hydrogens (primary N) is 1. The molecule has 5 aromatic rings. The van der Waals surface area contributed by atoms with Crippen molar-refractivity contribution >= 4 is 39.4 Å². The maximum atomic E-state index is 6.30. The second-order valence-corrected chi connectivity index (χ2v) is 7.48. The fraction of sp³-hybridized carbons (Fsp3) is 0.190. The van der Waals surface area contributed by atoms with Crippen LogP contribution in [0.4, 0.5) is 5.82 Å². The smallest absolute Gasteiger partial charge is 0.164 e. The SMILES string of the molecule is CCc1nn(C(C)c2nn(-c3ccncc3)c3cc(Cl)ccc23)c2ncnc(N)c12. The van der Waals surface area contributed by atoms with Crippen molar-refractivity contribution in [1.29, 1.82) is 0 Å². The molecule has 0 spiro atoms. The lowest BCUT2D eigenvalue weighted by molar-refractivity contribution is 0.556. The van der Waals surface area contributed by atoms with E-state index in [0.717, 1.165) is 39.8 Å². The number of nitrogen functional groups attached to an aromatic ring is 1. The molecule has 0 amide bonds. The highest BCUT2D eigenvalue weighted by atomic mass is 35.5. The van der Waals surface area contributed by atoms with Crippen LogP contribution in [0, 0.1) is 0 Å². The normalized spacial score (nSPS) is 12.6. The van der Waals surface area contributed by atoms with Gasteiger partial charge in [-0.3, -0.25) is 4.98 Å². The van der Waals surface area contributed by atoms with Gasteiger partial charge in [-0.2, -0.15) is 10.2 Å². The largest absolute Gasteiger partial charge is 0.383 e. The third-order valence-corrected chi connectivity index (χ3v) is 5.50. The highest BCUT2D eigenvalue weighted by molar-refractivity contribution is 6.31. The summed E-state index contributed by atoms with van der Waals surface area (Å²) in [6, 6.07) is 9.41. The minimum Gasteiger partial charge on any atom is -0.383 e. The van der Waals surface area contributed by atoms with Crippen molar-refractivity contribution in [2.24, 2.45) is 0 Å². The topological polar surface area (TPSA) is 100 Å². The fourth-order valence-electron chi connectivity index (χ4n) is 3.80. The zero-order valence-corrected chi connectivity index (χ0v) is 17.2. The van der Waals surface area contributed by atoms with Crippen molar-refractivity contribution in [3.05, 3.63) is 65.5 Å². The van der Waals surface area contributed by atoms with Crippen LogP contribution < -0.4 is 5.73 Å². The highest BCUT2D eigenvalue weighted by Crippen LogP contribution is 2.32. The van der Waals surface area contributed by atoms with Gasteiger partial charge in [0.15, 0.2) is 5.65 Å². The Morgan fingerprint density at radius 1 is 1.10 bits per heavy atom. The summed E-state index contributed by atoms with van der Waals surface area (Å²) in [5, 5.41) is 12.2. The van der Waals surface area contributed by atoms with Crippen molar-refractivity contribution in [3.8, 4) is 5.69 Å². The van der Waals surface area contributed by atoms with Gasteiger partial charge in [0.25, 0.3) is 0 Å². The van der Waals surface area contributed by atoms with Crippen LogP contribution in [0.5, 0.6) is 0 Å². The summed E-state index contributed by atoms with van der Waals surface area (Å²) in [7, 11) is 0. The molecule has 30 heavy (non-hydrogen) atoms. The van der Waals surface area contributed by atoms with Gasteiger partial charge in [-0.05, 0) is 43.7 Å². The van der Waals surface area contributed by atoms with Crippen LogP contribution in [-0.2, 0) is 6.42 Å². The van der Waals surface area contributed by atoms with E-state index in [1.165, 1.54) is 6.33 Å².